The van der Waals surface area contributed by atoms with Crippen molar-refractivity contribution in [2.24, 2.45) is 0 Å². The number of pyridine rings is 1. The number of carbonyl (C=O) groups is 1. The molecule has 3 aromatic rings. The predicted octanol–water partition coefficient (Wildman–Crippen LogP) is 4.33. The van der Waals surface area contributed by atoms with E-state index in [0.717, 1.165) is 35.8 Å². The van der Waals surface area contributed by atoms with E-state index < -0.39 is 0 Å². The van der Waals surface area contributed by atoms with Gasteiger partial charge in [0.2, 0.25) is 5.91 Å². The highest BCUT2D eigenvalue weighted by molar-refractivity contribution is 7.13. The lowest BCUT2D eigenvalue weighted by atomic mass is 10.1. The molecule has 0 spiro atoms. The number of ether oxygens (including phenoxy) is 2. The lowest BCUT2D eigenvalue weighted by molar-refractivity contribution is -0.115. The molecular weight excluding hydrogens is 386 g/mol. The smallest absolute Gasteiger partial charge is 0.230 e. The Morgan fingerprint density at radius 2 is 2.10 bits per heavy atom. The molecule has 1 fully saturated rings. The van der Waals surface area contributed by atoms with Crippen LogP contribution in [-0.2, 0) is 16.0 Å². The van der Waals surface area contributed by atoms with Gasteiger partial charge >= 0.3 is 0 Å². The Kier molecular flexibility index (Phi) is 6.49. The Morgan fingerprint density at radius 1 is 1.21 bits per heavy atom. The number of para-hydroxylation sites is 2. The number of nitrogens with one attached hydrogen (secondary N) is 1. The average Bonchev–Trinajstić information content (AvgIpc) is 3.23. The van der Waals surface area contributed by atoms with Crippen LogP contribution in [0.3, 0.4) is 0 Å². The summed E-state index contributed by atoms with van der Waals surface area (Å²) in [6, 6.07) is 13.2. The van der Waals surface area contributed by atoms with E-state index in [1.54, 1.807) is 6.20 Å². The molecule has 0 saturated carbocycles. The quantitative estimate of drug-likeness (QED) is 0.629. The van der Waals surface area contributed by atoms with Gasteiger partial charge < -0.3 is 14.8 Å². The maximum atomic E-state index is 12.5. The summed E-state index contributed by atoms with van der Waals surface area (Å²) < 4.78 is 11.6. The molecule has 1 aliphatic rings. The molecule has 0 aliphatic carbocycles. The molecule has 1 aliphatic heterocycles. The van der Waals surface area contributed by atoms with Gasteiger partial charge in [-0.15, -0.1) is 11.3 Å². The predicted molar refractivity (Wildman–Crippen MR) is 113 cm³/mol. The first-order valence-corrected chi connectivity index (χ1v) is 10.6. The molecular formula is C22H23N3O3S. The third-order valence-electron chi connectivity index (χ3n) is 4.64. The zero-order valence-corrected chi connectivity index (χ0v) is 16.9. The first-order chi connectivity index (χ1) is 14.3. The number of anilines is 1. The van der Waals surface area contributed by atoms with Crippen molar-refractivity contribution in [2.45, 2.75) is 31.8 Å². The second-order valence-corrected chi connectivity index (χ2v) is 7.74. The lowest BCUT2D eigenvalue weighted by Gasteiger charge is -2.23. The largest absolute Gasteiger partial charge is 0.489 e. The maximum Gasteiger partial charge on any atom is 0.230 e. The molecule has 29 heavy (non-hydrogen) atoms. The normalized spacial score (nSPS) is 16.3. The van der Waals surface area contributed by atoms with Crippen molar-refractivity contribution < 1.29 is 14.3 Å². The van der Waals surface area contributed by atoms with Crippen molar-refractivity contribution in [3.05, 3.63) is 59.7 Å². The Bertz CT molecular complexity index is 939. The molecule has 6 nitrogen and oxygen atoms in total. The molecule has 0 bridgehead atoms. The number of thiazole rings is 1. The second kappa shape index (κ2) is 9.62. The number of hydrogen-bond donors (Lipinski definition) is 1. The second-order valence-electron chi connectivity index (χ2n) is 6.88. The first-order valence-electron chi connectivity index (χ1n) is 9.77. The summed E-state index contributed by atoms with van der Waals surface area (Å²) in [6.45, 7) is 1.28. The van der Waals surface area contributed by atoms with Crippen LogP contribution in [0.25, 0.3) is 10.7 Å². The van der Waals surface area contributed by atoms with Crippen LogP contribution in [0, 0.1) is 0 Å². The fraction of sp³-hybridized carbons (Fsp3) is 0.318. The van der Waals surface area contributed by atoms with E-state index in [-0.39, 0.29) is 18.4 Å². The van der Waals surface area contributed by atoms with Gasteiger partial charge in [-0.05, 0) is 43.5 Å². The minimum atomic E-state index is -0.132. The first kappa shape index (κ1) is 19.5. The Hall–Kier alpha value is -2.77. The minimum Gasteiger partial charge on any atom is -0.489 e. The van der Waals surface area contributed by atoms with E-state index in [1.807, 2.05) is 47.8 Å². The molecule has 1 saturated heterocycles. The van der Waals surface area contributed by atoms with Crippen LogP contribution >= 0.6 is 11.3 Å². The Morgan fingerprint density at radius 3 is 2.93 bits per heavy atom. The topological polar surface area (TPSA) is 73.3 Å². The van der Waals surface area contributed by atoms with E-state index in [1.165, 1.54) is 17.8 Å². The van der Waals surface area contributed by atoms with Gasteiger partial charge in [0.15, 0.2) is 0 Å². The molecule has 3 heterocycles. The van der Waals surface area contributed by atoms with Crippen molar-refractivity contribution in [3.63, 3.8) is 0 Å². The monoisotopic (exact) mass is 409 g/mol. The molecule has 1 N–H and O–H groups in total. The third kappa shape index (κ3) is 5.40. The summed E-state index contributed by atoms with van der Waals surface area (Å²) in [5, 5.41) is 5.65. The standard InChI is InChI=1S/C22H23N3O3S/c26-21(13-16-15-29-22(24-16)19-9-3-5-11-23-19)25-18-8-1-2-10-20(18)28-14-17-7-4-6-12-27-17/h1-3,5,8-11,15,17H,4,6-7,12-14H2,(H,25,26). The van der Waals surface area contributed by atoms with E-state index in [4.69, 9.17) is 9.47 Å². The highest BCUT2D eigenvalue weighted by atomic mass is 32.1. The number of carbonyl (C=O) groups excluding carboxylic acids is 1. The SMILES string of the molecule is O=C(Cc1csc(-c2ccccn2)n1)Nc1ccccc1OCC1CCCCO1. The van der Waals surface area contributed by atoms with Crippen molar-refractivity contribution in [1.29, 1.82) is 0 Å². The van der Waals surface area contributed by atoms with Crippen LogP contribution in [0.5, 0.6) is 5.75 Å². The van der Waals surface area contributed by atoms with Gasteiger partial charge in [-0.25, -0.2) is 4.98 Å². The van der Waals surface area contributed by atoms with Gasteiger partial charge in [0.1, 0.15) is 17.4 Å². The molecule has 1 atom stereocenters. The van der Waals surface area contributed by atoms with Crippen molar-refractivity contribution in [1.82, 2.24) is 9.97 Å². The zero-order valence-electron chi connectivity index (χ0n) is 16.0. The molecule has 2 aromatic heterocycles. The summed E-state index contributed by atoms with van der Waals surface area (Å²) in [5.74, 6) is 0.523. The minimum absolute atomic E-state index is 0.118. The number of aromatic nitrogens is 2. The number of hydrogen-bond acceptors (Lipinski definition) is 6. The van der Waals surface area contributed by atoms with Crippen LogP contribution in [0.1, 0.15) is 25.0 Å². The molecule has 4 rings (SSSR count). The summed E-state index contributed by atoms with van der Waals surface area (Å²) in [6.07, 6.45) is 5.34. The average molecular weight is 410 g/mol. The van der Waals surface area contributed by atoms with Crippen LogP contribution in [0.15, 0.2) is 54.0 Å². The molecule has 7 heteroatoms. The van der Waals surface area contributed by atoms with E-state index in [2.05, 4.69) is 15.3 Å². The number of benzene rings is 1. The lowest BCUT2D eigenvalue weighted by Crippen LogP contribution is -2.26. The van der Waals surface area contributed by atoms with Gasteiger partial charge in [-0.3, -0.25) is 9.78 Å². The van der Waals surface area contributed by atoms with Gasteiger partial charge in [0.25, 0.3) is 0 Å². The molecule has 150 valence electrons. The number of nitrogens with zero attached hydrogens (tertiary/aromatic N) is 2. The molecule has 1 aromatic carbocycles. The van der Waals surface area contributed by atoms with Crippen LogP contribution < -0.4 is 10.1 Å². The van der Waals surface area contributed by atoms with Crippen molar-refractivity contribution in [3.8, 4) is 16.5 Å². The highest BCUT2D eigenvalue weighted by Gasteiger charge is 2.16. The Balaban J connectivity index is 1.35. The molecule has 0 radical (unpaired) electrons. The zero-order chi connectivity index (χ0) is 19.9. The van der Waals surface area contributed by atoms with Gasteiger partial charge in [-0.2, -0.15) is 0 Å². The fourth-order valence-corrected chi connectivity index (χ4v) is 3.97. The summed E-state index contributed by atoms with van der Waals surface area (Å²) in [5.41, 5.74) is 2.20. The fourth-order valence-electron chi connectivity index (χ4n) is 3.17. The number of rotatable bonds is 7. The van der Waals surface area contributed by atoms with Gasteiger partial charge in [0.05, 0.1) is 29.6 Å². The van der Waals surface area contributed by atoms with Gasteiger partial charge in [0, 0.05) is 18.2 Å². The highest BCUT2D eigenvalue weighted by Crippen LogP contribution is 2.26. The van der Waals surface area contributed by atoms with E-state index >= 15 is 0 Å². The summed E-state index contributed by atoms with van der Waals surface area (Å²) in [4.78, 5) is 21.4. The third-order valence-corrected chi connectivity index (χ3v) is 5.55. The maximum absolute atomic E-state index is 12.5. The van der Waals surface area contributed by atoms with Crippen molar-refractivity contribution >= 4 is 22.9 Å². The summed E-state index contributed by atoms with van der Waals surface area (Å²) in [7, 11) is 0. The van der Waals surface area contributed by atoms with Crippen LogP contribution in [-0.4, -0.2) is 35.2 Å². The molecule has 1 unspecified atom stereocenters. The van der Waals surface area contributed by atoms with Gasteiger partial charge in [-0.1, -0.05) is 18.2 Å². The Labute approximate surface area is 173 Å². The van der Waals surface area contributed by atoms with Crippen LogP contribution in [0.4, 0.5) is 5.69 Å². The number of amides is 1. The summed E-state index contributed by atoms with van der Waals surface area (Å²) >= 11 is 1.49. The van der Waals surface area contributed by atoms with E-state index in [0.29, 0.717) is 18.0 Å². The van der Waals surface area contributed by atoms with Crippen molar-refractivity contribution in [2.75, 3.05) is 18.5 Å². The molecule has 1 amide bonds. The van der Waals surface area contributed by atoms with E-state index in [9.17, 15) is 4.79 Å². The van der Waals surface area contributed by atoms with Crippen LogP contribution in [0.2, 0.25) is 0 Å².